The third kappa shape index (κ3) is 1.32. The third-order valence-electron chi connectivity index (χ3n) is 2.52. The molecule has 0 bridgehead atoms. The number of amides is 1. The van der Waals surface area contributed by atoms with Crippen molar-refractivity contribution in [2.24, 2.45) is 5.41 Å². The Morgan fingerprint density at radius 2 is 2.25 bits per heavy atom. The topological polar surface area (TPSA) is 53.7 Å². The summed E-state index contributed by atoms with van der Waals surface area (Å²) in [4.78, 5) is 11.4. The van der Waals surface area contributed by atoms with Crippen molar-refractivity contribution in [2.45, 2.75) is 32.5 Å². The highest BCUT2D eigenvalue weighted by atomic mass is 16.6. The molecule has 2 heterocycles. The Labute approximate surface area is 71.6 Å². The molecule has 2 rings (SSSR count). The molecular formula is C8H14N2O2. The lowest BCUT2D eigenvalue weighted by Gasteiger charge is -2.24. The molecule has 2 fully saturated rings. The molecule has 0 saturated carbocycles. The Kier molecular flexibility index (Phi) is 1.63. The molecule has 2 atom stereocenters. The fourth-order valence-corrected chi connectivity index (χ4v) is 1.54. The first-order valence-electron chi connectivity index (χ1n) is 4.28. The van der Waals surface area contributed by atoms with Crippen molar-refractivity contribution in [2.75, 3.05) is 6.54 Å². The van der Waals surface area contributed by atoms with Crippen molar-refractivity contribution in [3.8, 4) is 0 Å². The van der Waals surface area contributed by atoms with Gasteiger partial charge in [-0.2, -0.15) is 0 Å². The van der Waals surface area contributed by atoms with E-state index in [9.17, 15) is 4.79 Å². The zero-order chi connectivity index (χ0) is 8.77. The normalized spacial score (nSPS) is 39.0. The van der Waals surface area contributed by atoms with Crippen LogP contribution in [0.4, 0.5) is 0 Å². The van der Waals surface area contributed by atoms with Gasteiger partial charge in [0, 0.05) is 12.0 Å². The lowest BCUT2D eigenvalue weighted by molar-refractivity contribution is -0.131. The van der Waals surface area contributed by atoms with Gasteiger partial charge in [-0.05, 0) is 6.42 Å². The van der Waals surface area contributed by atoms with Gasteiger partial charge in [-0.15, -0.1) is 0 Å². The molecule has 0 aromatic carbocycles. The van der Waals surface area contributed by atoms with Crippen molar-refractivity contribution in [3.63, 3.8) is 0 Å². The molecular weight excluding hydrogens is 156 g/mol. The molecule has 4 nitrogen and oxygen atoms in total. The van der Waals surface area contributed by atoms with Gasteiger partial charge in [0.25, 0.3) is 0 Å². The Hall–Kier alpha value is -0.610. The second kappa shape index (κ2) is 2.44. The molecule has 1 amide bonds. The highest BCUT2D eigenvalue weighted by molar-refractivity contribution is 5.81. The number of carbonyl (C=O) groups excluding carboxylic acids is 1. The van der Waals surface area contributed by atoms with Crippen LogP contribution in [0.2, 0.25) is 0 Å². The van der Waals surface area contributed by atoms with Crippen LogP contribution in [0.25, 0.3) is 0 Å². The van der Waals surface area contributed by atoms with E-state index in [-0.39, 0.29) is 11.3 Å². The van der Waals surface area contributed by atoms with Gasteiger partial charge in [0.05, 0.1) is 12.2 Å². The second-order valence-corrected chi connectivity index (χ2v) is 4.14. The van der Waals surface area contributed by atoms with Gasteiger partial charge < -0.3 is 4.74 Å². The zero-order valence-electron chi connectivity index (χ0n) is 7.39. The van der Waals surface area contributed by atoms with Crippen LogP contribution in [0.3, 0.4) is 0 Å². The predicted molar refractivity (Wildman–Crippen MR) is 43.2 cm³/mol. The monoisotopic (exact) mass is 170 g/mol. The maximum atomic E-state index is 11.4. The van der Waals surface area contributed by atoms with Crippen LogP contribution in [0.1, 0.15) is 20.3 Å². The van der Waals surface area contributed by atoms with Crippen LogP contribution in [0.5, 0.6) is 0 Å². The van der Waals surface area contributed by atoms with Gasteiger partial charge in [-0.1, -0.05) is 13.8 Å². The van der Waals surface area contributed by atoms with Gasteiger partial charge in [0.1, 0.15) is 0 Å². The molecule has 0 spiro atoms. The molecule has 2 saturated heterocycles. The van der Waals surface area contributed by atoms with E-state index >= 15 is 0 Å². The largest absolute Gasteiger partial charge is 0.368 e. The molecule has 4 heteroatoms. The number of epoxide rings is 1. The van der Waals surface area contributed by atoms with Crippen LogP contribution in [0, 0.1) is 5.41 Å². The van der Waals surface area contributed by atoms with Gasteiger partial charge in [-0.3, -0.25) is 10.2 Å². The fourth-order valence-electron chi connectivity index (χ4n) is 1.54. The SMILES string of the molecule is CC1(C)C[C@H]2O[C@H]2CNNC1=O. The van der Waals surface area contributed by atoms with E-state index in [1.807, 2.05) is 13.8 Å². The number of fused-ring (bicyclic) bond motifs is 1. The number of hydrazine groups is 1. The van der Waals surface area contributed by atoms with Crippen molar-refractivity contribution >= 4 is 5.91 Å². The number of carbonyl (C=O) groups is 1. The average molecular weight is 170 g/mol. The lowest BCUT2D eigenvalue weighted by Crippen LogP contribution is -2.48. The van der Waals surface area contributed by atoms with Crippen molar-refractivity contribution in [3.05, 3.63) is 0 Å². The first-order valence-corrected chi connectivity index (χ1v) is 4.28. The molecule has 2 N–H and O–H groups in total. The first kappa shape index (κ1) is 8.01. The highest BCUT2D eigenvalue weighted by Crippen LogP contribution is 2.35. The van der Waals surface area contributed by atoms with E-state index in [4.69, 9.17) is 4.74 Å². The summed E-state index contributed by atoms with van der Waals surface area (Å²) in [5, 5.41) is 0. The zero-order valence-corrected chi connectivity index (χ0v) is 7.39. The van der Waals surface area contributed by atoms with Crippen LogP contribution < -0.4 is 10.9 Å². The molecule has 68 valence electrons. The second-order valence-electron chi connectivity index (χ2n) is 4.14. The smallest absolute Gasteiger partial charge is 0.239 e. The van der Waals surface area contributed by atoms with Gasteiger partial charge >= 0.3 is 0 Å². The maximum absolute atomic E-state index is 11.4. The number of hydrogen-bond acceptors (Lipinski definition) is 3. The molecule has 2 aliphatic heterocycles. The summed E-state index contributed by atoms with van der Waals surface area (Å²) in [5.41, 5.74) is 5.21. The van der Waals surface area contributed by atoms with Crippen LogP contribution >= 0.6 is 0 Å². The van der Waals surface area contributed by atoms with E-state index in [1.165, 1.54) is 0 Å². The molecule has 0 unspecified atom stereocenters. The maximum Gasteiger partial charge on any atom is 0.239 e. The number of rotatable bonds is 0. The third-order valence-corrected chi connectivity index (χ3v) is 2.52. The van der Waals surface area contributed by atoms with E-state index in [0.29, 0.717) is 12.2 Å². The molecule has 0 aromatic heterocycles. The number of nitrogens with one attached hydrogen (secondary N) is 2. The number of ether oxygens (including phenoxy) is 1. The van der Waals surface area contributed by atoms with E-state index < -0.39 is 0 Å². The highest BCUT2D eigenvalue weighted by Gasteiger charge is 2.45. The summed E-state index contributed by atoms with van der Waals surface area (Å²) >= 11 is 0. The minimum atomic E-state index is -0.313. The minimum absolute atomic E-state index is 0.0523. The van der Waals surface area contributed by atoms with E-state index in [0.717, 1.165) is 13.0 Å². The fraction of sp³-hybridized carbons (Fsp3) is 0.875. The summed E-state index contributed by atoms with van der Waals surface area (Å²) in [7, 11) is 0. The quantitative estimate of drug-likeness (QED) is 0.495. The van der Waals surface area contributed by atoms with E-state index in [1.54, 1.807) is 0 Å². The van der Waals surface area contributed by atoms with Gasteiger partial charge in [0.2, 0.25) is 5.91 Å². The summed E-state index contributed by atoms with van der Waals surface area (Å²) < 4.78 is 5.37. The number of hydrogen-bond donors (Lipinski definition) is 2. The average Bonchev–Trinajstić information content (AvgIpc) is 2.64. The standard InChI is InChI=1S/C8H14N2O2/c1-8(2)3-5-6(12-5)4-9-10-7(8)11/h5-6,9H,3-4H2,1-2H3,(H,10,11)/t5-,6+/m1/s1. The van der Waals surface area contributed by atoms with Gasteiger partial charge in [-0.25, -0.2) is 5.43 Å². The molecule has 0 aliphatic carbocycles. The molecule has 12 heavy (non-hydrogen) atoms. The van der Waals surface area contributed by atoms with E-state index in [2.05, 4.69) is 10.9 Å². The Morgan fingerprint density at radius 3 is 3.00 bits per heavy atom. The molecule has 0 aromatic rings. The van der Waals surface area contributed by atoms with Crippen LogP contribution in [0.15, 0.2) is 0 Å². The summed E-state index contributed by atoms with van der Waals surface area (Å²) in [6, 6.07) is 0. The summed E-state index contributed by atoms with van der Waals surface area (Å²) in [6.45, 7) is 4.61. The Morgan fingerprint density at radius 1 is 1.50 bits per heavy atom. The lowest BCUT2D eigenvalue weighted by atomic mass is 9.86. The molecule has 2 aliphatic rings. The Bertz CT molecular complexity index is 215. The van der Waals surface area contributed by atoms with Crippen LogP contribution in [-0.4, -0.2) is 24.7 Å². The molecule has 0 radical (unpaired) electrons. The summed E-state index contributed by atoms with van der Waals surface area (Å²) in [5.74, 6) is 0.0523. The first-order chi connectivity index (χ1) is 5.59. The predicted octanol–water partition coefficient (Wildman–Crippen LogP) is -0.195. The van der Waals surface area contributed by atoms with Crippen molar-refractivity contribution < 1.29 is 9.53 Å². The van der Waals surface area contributed by atoms with Crippen molar-refractivity contribution in [1.29, 1.82) is 0 Å². The summed E-state index contributed by atoms with van der Waals surface area (Å²) in [6.07, 6.45) is 1.42. The minimum Gasteiger partial charge on any atom is -0.368 e. The van der Waals surface area contributed by atoms with Crippen molar-refractivity contribution in [1.82, 2.24) is 10.9 Å². The van der Waals surface area contributed by atoms with Gasteiger partial charge in [0.15, 0.2) is 0 Å². The Balaban J connectivity index is 2.07. The van der Waals surface area contributed by atoms with Crippen LogP contribution in [-0.2, 0) is 9.53 Å².